The minimum Gasteiger partial charge on any atom is -0.373 e. The summed E-state index contributed by atoms with van der Waals surface area (Å²) in [4.78, 5) is 0. The highest BCUT2D eigenvalue weighted by Gasteiger charge is 2.31. The molecule has 4 rings (SSSR count). The average molecular weight is 477 g/mol. The zero-order valence-electron chi connectivity index (χ0n) is 20.3. The second-order valence-electron chi connectivity index (χ2n) is 10.4. The molecule has 0 unspecified atom stereocenters. The van der Waals surface area contributed by atoms with Gasteiger partial charge < -0.3 is 4.74 Å². The quantitative estimate of drug-likeness (QED) is 0.363. The Labute approximate surface area is 200 Å². The Kier molecular flexibility index (Phi) is 8.34. The number of hydrogen-bond acceptors (Lipinski definition) is 1. The summed E-state index contributed by atoms with van der Waals surface area (Å²) in [7, 11) is 0. The normalized spacial score (nSPS) is 25.5. The lowest BCUT2D eigenvalue weighted by Gasteiger charge is -2.37. The predicted molar refractivity (Wildman–Crippen MR) is 127 cm³/mol. The molecule has 2 fully saturated rings. The van der Waals surface area contributed by atoms with Crippen LogP contribution in [0.15, 0.2) is 24.3 Å². The Morgan fingerprint density at radius 2 is 1.26 bits per heavy atom. The summed E-state index contributed by atoms with van der Waals surface area (Å²) >= 11 is 0. The summed E-state index contributed by atoms with van der Waals surface area (Å²) < 4.78 is 63.6. The Morgan fingerprint density at radius 3 is 1.88 bits per heavy atom. The number of ether oxygens (including phenoxy) is 1. The summed E-state index contributed by atoms with van der Waals surface area (Å²) in [5.74, 6) is -1.93. The maximum Gasteiger partial charge on any atom is 0.167 e. The van der Waals surface area contributed by atoms with Crippen LogP contribution in [0.1, 0.15) is 82.3 Å². The molecule has 34 heavy (non-hydrogen) atoms. The molecule has 0 radical (unpaired) electrons. The fraction of sp³-hybridized carbons (Fsp3) is 0.586. The third kappa shape index (κ3) is 5.50. The lowest BCUT2D eigenvalue weighted by atomic mass is 9.70. The van der Waals surface area contributed by atoms with Crippen molar-refractivity contribution >= 4 is 0 Å². The van der Waals surface area contributed by atoms with Crippen LogP contribution in [0.25, 0.3) is 11.1 Å². The molecule has 0 bridgehead atoms. The molecule has 0 aromatic heterocycles. The van der Waals surface area contributed by atoms with Crippen molar-refractivity contribution in [1.29, 1.82) is 0 Å². The van der Waals surface area contributed by atoms with Crippen molar-refractivity contribution in [2.24, 2.45) is 17.8 Å². The van der Waals surface area contributed by atoms with E-state index in [2.05, 4.69) is 6.92 Å². The van der Waals surface area contributed by atoms with Gasteiger partial charge in [0, 0.05) is 16.7 Å². The van der Waals surface area contributed by atoms with Crippen molar-refractivity contribution in [3.05, 3.63) is 58.7 Å². The van der Waals surface area contributed by atoms with Gasteiger partial charge in [-0.3, -0.25) is 0 Å². The monoisotopic (exact) mass is 476 g/mol. The number of aryl methyl sites for hydroxylation is 1. The van der Waals surface area contributed by atoms with Crippen molar-refractivity contribution in [2.75, 3.05) is 0 Å². The van der Waals surface area contributed by atoms with Crippen molar-refractivity contribution in [2.45, 2.75) is 90.8 Å². The van der Waals surface area contributed by atoms with E-state index in [9.17, 15) is 17.6 Å². The molecule has 5 heteroatoms. The van der Waals surface area contributed by atoms with Crippen LogP contribution in [0, 0.1) is 47.9 Å². The van der Waals surface area contributed by atoms with E-state index in [1.165, 1.54) is 69.7 Å². The molecule has 2 aromatic carbocycles. The maximum absolute atomic E-state index is 14.7. The first-order valence-corrected chi connectivity index (χ1v) is 12.9. The highest BCUT2D eigenvalue weighted by molar-refractivity contribution is 5.66. The van der Waals surface area contributed by atoms with Crippen molar-refractivity contribution < 1.29 is 22.3 Å². The first-order chi connectivity index (χ1) is 16.4. The molecule has 0 aliphatic heterocycles. The molecule has 0 atom stereocenters. The molecule has 0 amide bonds. The zero-order valence-corrected chi connectivity index (χ0v) is 20.3. The van der Waals surface area contributed by atoms with Gasteiger partial charge in [0.05, 0.1) is 12.7 Å². The molecule has 2 aliphatic rings. The predicted octanol–water partition coefficient (Wildman–Crippen LogP) is 8.90. The van der Waals surface area contributed by atoms with E-state index in [0.29, 0.717) is 0 Å². The summed E-state index contributed by atoms with van der Waals surface area (Å²) in [6.45, 7) is 3.67. The van der Waals surface area contributed by atoms with Crippen molar-refractivity contribution in [3.63, 3.8) is 0 Å². The van der Waals surface area contributed by atoms with E-state index in [4.69, 9.17) is 4.74 Å². The Balaban J connectivity index is 1.31. The molecule has 2 aromatic rings. The SMILES string of the molecule is CCCC1CCC(C2CCC(OCc3ccc(-c4ccc(C)c(F)c4F)c(F)c3F)CC2)CC1. The van der Waals surface area contributed by atoms with E-state index < -0.39 is 23.3 Å². The first-order valence-electron chi connectivity index (χ1n) is 12.9. The fourth-order valence-corrected chi connectivity index (χ4v) is 6.05. The molecule has 2 saturated carbocycles. The molecular weight excluding hydrogens is 440 g/mol. The van der Waals surface area contributed by atoms with Gasteiger partial charge in [-0.1, -0.05) is 56.9 Å². The first kappa shape index (κ1) is 25.2. The minimum atomic E-state index is -1.18. The second-order valence-corrected chi connectivity index (χ2v) is 10.4. The third-order valence-corrected chi connectivity index (χ3v) is 8.18. The largest absolute Gasteiger partial charge is 0.373 e. The fourth-order valence-electron chi connectivity index (χ4n) is 6.05. The molecule has 1 nitrogen and oxygen atoms in total. The van der Waals surface area contributed by atoms with Gasteiger partial charge in [-0.2, -0.15) is 0 Å². The van der Waals surface area contributed by atoms with Gasteiger partial charge in [0.15, 0.2) is 23.3 Å². The molecule has 0 saturated heterocycles. The minimum absolute atomic E-state index is 0.0226. The highest BCUT2D eigenvalue weighted by Crippen LogP contribution is 2.41. The lowest BCUT2D eigenvalue weighted by Crippen LogP contribution is -2.28. The van der Waals surface area contributed by atoms with Crippen LogP contribution in [-0.4, -0.2) is 6.10 Å². The van der Waals surface area contributed by atoms with Crippen LogP contribution in [-0.2, 0) is 11.3 Å². The Hall–Kier alpha value is -1.88. The second kappa shape index (κ2) is 11.2. The highest BCUT2D eigenvalue weighted by atomic mass is 19.2. The van der Waals surface area contributed by atoms with E-state index in [0.717, 1.165) is 43.4 Å². The van der Waals surface area contributed by atoms with Gasteiger partial charge in [0.1, 0.15) is 0 Å². The van der Waals surface area contributed by atoms with Gasteiger partial charge in [0.25, 0.3) is 0 Å². The van der Waals surface area contributed by atoms with Gasteiger partial charge in [-0.25, -0.2) is 17.6 Å². The van der Waals surface area contributed by atoms with Crippen LogP contribution in [0.4, 0.5) is 17.6 Å². The van der Waals surface area contributed by atoms with Gasteiger partial charge in [0.2, 0.25) is 0 Å². The van der Waals surface area contributed by atoms with Crippen molar-refractivity contribution in [3.8, 4) is 11.1 Å². The van der Waals surface area contributed by atoms with Gasteiger partial charge >= 0.3 is 0 Å². The van der Waals surface area contributed by atoms with Crippen LogP contribution >= 0.6 is 0 Å². The third-order valence-electron chi connectivity index (χ3n) is 8.18. The Bertz CT molecular complexity index is 973. The summed E-state index contributed by atoms with van der Waals surface area (Å²) in [5.41, 5.74) is -0.350. The topological polar surface area (TPSA) is 9.23 Å². The van der Waals surface area contributed by atoms with E-state index in [1.54, 1.807) is 0 Å². The summed E-state index contributed by atoms with van der Waals surface area (Å²) in [6.07, 6.45) is 12.3. The van der Waals surface area contributed by atoms with Gasteiger partial charge in [-0.15, -0.1) is 0 Å². The molecular formula is C29H36F4O. The number of hydrogen-bond donors (Lipinski definition) is 0. The van der Waals surface area contributed by atoms with E-state index >= 15 is 0 Å². The van der Waals surface area contributed by atoms with E-state index in [-0.39, 0.29) is 35.0 Å². The zero-order chi connectivity index (χ0) is 24.2. The molecule has 186 valence electrons. The standard InChI is InChI=1S/C29H36F4O/c1-3-4-19-6-8-20(9-7-19)21-10-13-23(14-11-21)34-17-22-12-16-25(29(33)27(22)31)24-15-5-18(2)26(30)28(24)32/h5,12,15-16,19-21,23H,3-4,6-11,13-14,17H2,1-2H3. The molecule has 2 aliphatic carbocycles. The molecule has 0 heterocycles. The summed E-state index contributed by atoms with van der Waals surface area (Å²) in [5, 5.41) is 0. The van der Waals surface area contributed by atoms with Crippen molar-refractivity contribution in [1.82, 2.24) is 0 Å². The number of halogens is 4. The Morgan fingerprint density at radius 1 is 0.706 bits per heavy atom. The van der Waals surface area contributed by atoms with Crippen LogP contribution in [0.2, 0.25) is 0 Å². The van der Waals surface area contributed by atoms with Gasteiger partial charge in [-0.05, 0) is 68.8 Å². The van der Waals surface area contributed by atoms with Crippen LogP contribution in [0.5, 0.6) is 0 Å². The molecule has 0 N–H and O–H groups in total. The average Bonchev–Trinajstić information content (AvgIpc) is 2.85. The summed E-state index contributed by atoms with van der Waals surface area (Å²) in [6, 6.07) is 5.34. The number of rotatable bonds is 7. The number of benzene rings is 2. The maximum atomic E-state index is 14.7. The lowest BCUT2D eigenvalue weighted by molar-refractivity contribution is -0.00401. The smallest absolute Gasteiger partial charge is 0.167 e. The van der Waals surface area contributed by atoms with E-state index in [1.807, 2.05) is 0 Å². The van der Waals surface area contributed by atoms with Crippen LogP contribution in [0.3, 0.4) is 0 Å². The molecule has 0 spiro atoms. The van der Waals surface area contributed by atoms with Crippen LogP contribution < -0.4 is 0 Å².